The lowest BCUT2D eigenvalue weighted by Crippen LogP contribution is -2.39. The molecule has 1 atom stereocenters. The molecule has 1 aromatic rings. The van der Waals surface area contributed by atoms with Gasteiger partial charge in [0.15, 0.2) is 0 Å². The van der Waals surface area contributed by atoms with Crippen molar-refractivity contribution < 1.29 is 9.53 Å². The van der Waals surface area contributed by atoms with Crippen LogP contribution in [0, 0.1) is 19.8 Å². The summed E-state index contributed by atoms with van der Waals surface area (Å²) in [6.45, 7) is 7.74. The zero-order valence-corrected chi connectivity index (χ0v) is 11.7. The predicted molar refractivity (Wildman–Crippen MR) is 73.9 cm³/mol. The van der Waals surface area contributed by atoms with E-state index < -0.39 is 6.04 Å². The fraction of sp³-hybridized carbons (Fsp3) is 0.500. The molecule has 18 heavy (non-hydrogen) atoms. The number of aryl methyl sites for hydroxylation is 1. The van der Waals surface area contributed by atoms with E-state index in [1.807, 2.05) is 39.8 Å². The number of anilines is 1. The first-order chi connectivity index (χ1) is 8.38. The Kier molecular flexibility index (Phi) is 4.73. The molecule has 1 rings (SSSR count). The number of ether oxygens (including phenoxy) is 1. The van der Waals surface area contributed by atoms with E-state index >= 15 is 0 Å². The zero-order chi connectivity index (χ0) is 13.9. The smallest absolute Gasteiger partial charge is 0.241 e. The number of nitrogens with two attached hydrogens (primary N) is 1. The molecule has 0 saturated carbocycles. The molecule has 0 radical (unpaired) electrons. The third-order valence-corrected chi connectivity index (χ3v) is 3.09. The number of benzene rings is 1. The summed E-state index contributed by atoms with van der Waals surface area (Å²) in [5, 5.41) is 2.85. The maximum absolute atomic E-state index is 11.9. The first-order valence-electron chi connectivity index (χ1n) is 6.09. The number of hydrogen-bond donors (Lipinski definition) is 2. The van der Waals surface area contributed by atoms with Gasteiger partial charge in [0.2, 0.25) is 5.91 Å². The average molecular weight is 250 g/mol. The topological polar surface area (TPSA) is 64.3 Å². The van der Waals surface area contributed by atoms with Crippen molar-refractivity contribution in [1.29, 1.82) is 0 Å². The van der Waals surface area contributed by atoms with Crippen molar-refractivity contribution in [3.05, 3.63) is 23.3 Å². The highest BCUT2D eigenvalue weighted by atomic mass is 16.5. The van der Waals surface area contributed by atoms with Crippen LogP contribution in [0.1, 0.15) is 25.0 Å². The highest BCUT2D eigenvalue weighted by Gasteiger charge is 2.18. The third-order valence-electron chi connectivity index (χ3n) is 3.09. The van der Waals surface area contributed by atoms with Crippen LogP contribution in [0.3, 0.4) is 0 Å². The average Bonchev–Trinajstić information content (AvgIpc) is 2.32. The minimum atomic E-state index is -0.503. The van der Waals surface area contributed by atoms with Crippen molar-refractivity contribution >= 4 is 11.6 Å². The van der Waals surface area contributed by atoms with Crippen molar-refractivity contribution in [1.82, 2.24) is 0 Å². The van der Waals surface area contributed by atoms with E-state index in [9.17, 15) is 4.79 Å². The fourth-order valence-electron chi connectivity index (χ4n) is 1.80. The van der Waals surface area contributed by atoms with Gasteiger partial charge in [0, 0.05) is 11.3 Å². The molecule has 0 bridgehead atoms. The van der Waals surface area contributed by atoms with Crippen LogP contribution in [0.25, 0.3) is 0 Å². The van der Waals surface area contributed by atoms with Gasteiger partial charge >= 0.3 is 0 Å². The minimum absolute atomic E-state index is 0.109. The van der Waals surface area contributed by atoms with Crippen LogP contribution >= 0.6 is 0 Å². The van der Waals surface area contributed by atoms with Crippen molar-refractivity contribution in [3.63, 3.8) is 0 Å². The summed E-state index contributed by atoms with van der Waals surface area (Å²) in [6, 6.07) is 3.29. The summed E-state index contributed by atoms with van der Waals surface area (Å²) >= 11 is 0. The van der Waals surface area contributed by atoms with E-state index in [1.54, 1.807) is 7.11 Å². The molecule has 4 nitrogen and oxygen atoms in total. The van der Waals surface area contributed by atoms with Crippen LogP contribution in [0.5, 0.6) is 5.75 Å². The quantitative estimate of drug-likeness (QED) is 0.861. The molecule has 0 heterocycles. The van der Waals surface area contributed by atoms with Crippen LogP contribution in [0.15, 0.2) is 12.1 Å². The summed E-state index contributed by atoms with van der Waals surface area (Å²) < 4.78 is 5.32. The van der Waals surface area contributed by atoms with Gasteiger partial charge < -0.3 is 15.8 Å². The van der Waals surface area contributed by atoms with Crippen LogP contribution in [-0.4, -0.2) is 19.1 Å². The van der Waals surface area contributed by atoms with Crippen molar-refractivity contribution in [2.75, 3.05) is 12.4 Å². The first kappa shape index (κ1) is 14.5. The zero-order valence-electron chi connectivity index (χ0n) is 11.7. The summed E-state index contributed by atoms with van der Waals surface area (Å²) in [6.07, 6.45) is 0. The summed E-state index contributed by atoms with van der Waals surface area (Å²) in [5.41, 5.74) is 8.52. The molecular formula is C14H22N2O2. The first-order valence-corrected chi connectivity index (χ1v) is 6.09. The van der Waals surface area contributed by atoms with Gasteiger partial charge in [-0.1, -0.05) is 19.9 Å². The second-order valence-electron chi connectivity index (χ2n) is 4.85. The van der Waals surface area contributed by atoms with Gasteiger partial charge in [0.25, 0.3) is 0 Å². The highest BCUT2D eigenvalue weighted by Crippen LogP contribution is 2.29. The third kappa shape index (κ3) is 3.01. The van der Waals surface area contributed by atoms with E-state index in [1.165, 1.54) is 0 Å². The number of hydrogen-bond acceptors (Lipinski definition) is 3. The number of methoxy groups -OCH3 is 1. The van der Waals surface area contributed by atoms with Gasteiger partial charge in [-0.15, -0.1) is 0 Å². The molecule has 0 aliphatic heterocycles. The molecule has 1 aromatic carbocycles. The second-order valence-corrected chi connectivity index (χ2v) is 4.85. The summed E-state index contributed by atoms with van der Waals surface area (Å²) in [4.78, 5) is 11.9. The molecule has 1 amide bonds. The van der Waals surface area contributed by atoms with Crippen LogP contribution in [-0.2, 0) is 4.79 Å². The van der Waals surface area contributed by atoms with Gasteiger partial charge in [0.1, 0.15) is 5.75 Å². The molecule has 0 aromatic heterocycles. The standard InChI is InChI=1S/C14H22N2O2/c1-8(2)12(15)14(17)16-11-7-6-9(3)13(18-5)10(11)4/h6-8,12H,15H2,1-5H3,(H,16,17). The molecule has 0 aliphatic carbocycles. The number of rotatable bonds is 4. The van der Waals surface area contributed by atoms with E-state index in [4.69, 9.17) is 10.5 Å². The Balaban J connectivity index is 2.96. The van der Waals surface area contributed by atoms with Crippen LogP contribution < -0.4 is 15.8 Å². The molecule has 0 saturated heterocycles. The molecule has 0 aliphatic rings. The lowest BCUT2D eigenvalue weighted by atomic mass is 10.0. The highest BCUT2D eigenvalue weighted by molar-refractivity contribution is 5.95. The van der Waals surface area contributed by atoms with Gasteiger partial charge in [0.05, 0.1) is 13.2 Å². The van der Waals surface area contributed by atoms with Gasteiger partial charge in [-0.3, -0.25) is 4.79 Å². The lowest BCUT2D eigenvalue weighted by molar-refractivity contribution is -0.118. The SMILES string of the molecule is COc1c(C)ccc(NC(=O)C(N)C(C)C)c1C. The van der Waals surface area contributed by atoms with E-state index in [2.05, 4.69) is 5.32 Å². The normalized spacial score (nSPS) is 12.4. The van der Waals surface area contributed by atoms with E-state index in [0.717, 1.165) is 22.6 Å². The van der Waals surface area contributed by atoms with Crippen molar-refractivity contribution in [2.24, 2.45) is 11.7 Å². The maximum atomic E-state index is 11.9. The minimum Gasteiger partial charge on any atom is -0.496 e. The van der Waals surface area contributed by atoms with Crippen LogP contribution in [0.2, 0.25) is 0 Å². The second kappa shape index (κ2) is 5.87. The number of amides is 1. The molecule has 100 valence electrons. The Bertz CT molecular complexity index is 442. The molecule has 0 spiro atoms. The molecule has 4 heteroatoms. The van der Waals surface area contributed by atoms with E-state index in [0.29, 0.717) is 0 Å². The fourth-order valence-corrected chi connectivity index (χ4v) is 1.80. The number of nitrogens with one attached hydrogen (secondary N) is 1. The number of carbonyl (C=O) groups is 1. The molecule has 1 unspecified atom stereocenters. The Morgan fingerprint density at radius 3 is 2.44 bits per heavy atom. The Hall–Kier alpha value is -1.55. The van der Waals surface area contributed by atoms with Crippen LogP contribution in [0.4, 0.5) is 5.69 Å². The lowest BCUT2D eigenvalue weighted by Gasteiger charge is -2.18. The monoisotopic (exact) mass is 250 g/mol. The maximum Gasteiger partial charge on any atom is 0.241 e. The molecule has 3 N–H and O–H groups in total. The largest absolute Gasteiger partial charge is 0.496 e. The van der Waals surface area contributed by atoms with Gasteiger partial charge in [-0.05, 0) is 31.4 Å². The van der Waals surface area contributed by atoms with Gasteiger partial charge in [-0.25, -0.2) is 0 Å². The molecule has 0 fully saturated rings. The van der Waals surface area contributed by atoms with Crippen molar-refractivity contribution in [2.45, 2.75) is 33.7 Å². The Labute approximate surface area is 109 Å². The Morgan fingerprint density at radius 2 is 1.94 bits per heavy atom. The molecular weight excluding hydrogens is 228 g/mol. The van der Waals surface area contributed by atoms with Crippen molar-refractivity contribution in [3.8, 4) is 5.75 Å². The summed E-state index contributed by atoms with van der Waals surface area (Å²) in [7, 11) is 1.63. The predicted octanol–water partition coefficient (Wildman–Crippen LogP) is 2.23. The van der Waals surface area contributed by atoms with Gasteiger partial charge in [-0.2, -0.15) is 0 Å². The number of carbonyl (C=O) groups excluding carboxylic acids is 1. The summed E-state index contributed by atoms with van der Waals surface area (Å²) in [5.74, 6) is 0.738. The Morgan fingerprint density at radius 1 is 1.33 bits per heavy atom. The van der Waals surface area contributed by atoms with E-state index in [-0.39, 0.29) is 11.8 Å².